The predicted molar refractivity (Wildman–Crippen MR) is 70.1 cm³/mol. The van der Waals surface area contributed by atoms with Crippen molar-refractivity contribution < 1.29 is 5.21 Å². The van der Waals surface area contributed by atoms with E-state index in [1.54, 1.807) is 36.7 Å². The molecule has 1 heterocycles. The molecule has 7 heteroatoms. The number of nitrogens with two attached hydrogens (primary N) is 1. The average molecular weight is 281 g/mol. The summed E-state index contributed by atoms with van der Waals surface area (Å²) in [7, 11) is 0. The Kier molecular flexibility index (Phi) is 4.01. The molecule has 2 rings (SSSR count). The van der Waals surface area contributed by atoms with Gasteiger partial charge in [0.15, 0.2) is 11.0 Å². The van der Waals surface area contributed by atoms with Crippen LogP contribution in [-0.2, 0) is 0 Å². The quantitative estimate of drug-likeness (QED) is 0.296. The molecule has 18 heavy (non-hydrogen) atoms. The lowest BCUT2D eigenvalue weighted by molar-refractivity contribution is 0.318. The van der Waals surface area contributed by atoms with E-state index in [4.69, 9.17) is 22.5 Å². The predicted octanol–water partition coefficient (Wildman–Crippen LogP) is 2.38. The van der Waals surface area contributed by atoms with Gasteiger partial charge in [0.1, 0.15) is 0 Å². The Morgan fingerprint density at radius 2 is 2.06 bits per heavy atom. The number of halogens is 1. The van der Waals surface area contributed by atoms with Crippen LogP contribution in [0.5, 0.6) is 0 Å². The number of oxime groups is 1. The third-order valence-corrected chi connectivity index (χ3v) is 3.27. The maximum Gasteiger partial charge on any atom is 0.192 e. The van der Waals surface area contributed by atoms with Gasteiger partial charge in [-0.2, -0.15) is 0 Å². The van der Waals surface area contributed by atoms with Gasteiger partial charge in [0.25, 0.3) is 0 Å². The molecule has 0 spiro atoms. The molecule has 0 amide bonds. The summed E-state index contributed by atoms with van der Waals surface area (Å²) in [5.41, 5.74) is 5.97. The smallest absolute Gasteiger partial charge is 0.192 e. The number of amidine groups is 1. The molecule has 0 saturated carbocycles. The molecule has 0 bridgehead atoms. The number of rotatable bonds is 3. The van der Waals surface area contributed by atoms with E-state index in [9.17, 15) is 0 Å². The largest absolute Gasteiger partial charge is 0.409 e. The Morgan fingerprint density at radius 3 is 2.67 bits per heavy atom. The van der Waals surface area contributed by atoms with Gasteiger partial charge in [0.05, 0.1) is 5.02 Å². The Balaban J connectivity index is 2.25. The van der Waals surface area contributed by atoms with Gasteiger partial charge >= 0.3 is 0 Å². The molecular weight excluding hydrogens is 272 g/mol. The van der Waals surface area contributed by atoms with E-state index in [1.165, 1.54) is 11.8 Å². The third kappa shape index (κ3) is 2.91. The van der Waals surface area contributed by atoms with Crippen molar-refractivity contribution in [2.75, 3.05) is 0 Å². The van der Waals surface area contributed by atoms with Crippen LogP contribution in [0, 0.1) is 0 Å². The molecule has 0 aliphatic carbocycles. The number of hydrogen-bond acceptors (Lipinski definition) is 5. The van der Waals surface area contributed by atoms with Crippen LogP contribution in [0.4, 0.5) is 0 Å². The molecule has 0 aliphatic heterocycles. The fraction of sp³-hybridized carbons (Fsp3) is 0. The number of nitrogens with zero attached hydrogens (tertiary/aromatic N) is 3. The lowest BCUT2D eigenvalue weighted by atomic mass is 10.2. The molecule has 1 aromatic heterocycles. The second-order valence-electron chi connectivity index (χ2n) is 3.26. The van der Waals surface area contributed by atoms with Crippen LogP contribution in [0.15, 0.2) is 51.9 Å². The maximum atomic E-state index is 8.60. The van der Waals surface area contributed by atoms with E-state index >= 15 is 0 Å². The zero-order chi connectivity index (χ0) is 13.0. The van der Waals surface area contributed by atoms with Crippen molar-refractivity contribution in [1.29, 1.82) is 0 Å². The average Bonchev–Trinajstić information content (AvgIpc) is 2.39. The van der Waals surface area contributed by atoms with E-state index in [-0.39, 0.29) is 5.84 Å². The van der Waals surface area contributed by atoms with E-state index in [1.807, 2.05) is 0 Å². The third-order valence-electron chi connectivity index (χ3n) is 2.08. The summed E-state index contributed by atoms with van der Waals surface area (Å²) >= 11 is 7.42. The number of hydrogen-bond donors (Lipinski definition) is 2. The van der Waals surface area contributed by atoms with Crippen molar-refractivity contribution in [3.05, 3.63) is 47.2 Å². The second kappa shape index (κ2) is 5.70. The van der Waals surface area contributed by atoms with Gasteiger partial charge in [0, 0.05) is 22.9 Å². The normalized spacial score (nSPS) is 11.5. The highest BCUT2D eigenvalue weighted by molar-refractivity contribution is 7.99. The van der Waals surface area contributed by atoms with Crippen molar-refractivity contribution in [1.82, 2.24) is 9.97 Å². The highest BCUT2D eigenvalue weighted by Gasteiger charge is 2.07. The zero-order valence-corrected chi connectivity index (χ0v) is 10.7. The highest BCUT2D eigenvalue weighted by Crippen LogP contribution is 2.28. The SMILES string of the molecule is NC(=NO)c1ccc(Sc2ncccn2)cc1Cl. The topological polar surface area (TPSA) is 84.4 Å². The molecule has 0 saturated heterocycles. The van der Waals surface area contributed by atoms with Crippen LogP contribution >= 0.6 is 23.4 Å². The van der Waals surface area contributed by atoms with Crippen LogP contribution in [0.25, 0.3) is 0 Å². The van der Waals surface area contributed by atoms with Crippen molar-refractivity contribution >= 4 is 29.2 Å². The molecule has 1 aromatic carbocycles. The van der Waals surface area contributed by atoms with Crippen LogP contribution in [0.3, 0.4) is 0 Å². The Labute approximate surface area is 113 Å². The second-order valence-corrected chi connectivity index (χ2v) is 4.71. The fourth-order valence-corrected chi connectivity index (χ4v) is 2.36. The lowest BCUT2D eigenvalue weighted by Gasteiger charge is -2.04. The lowest BCUT2D eigenvalue weighted by Crippen LogP contribution is -2.13. The van der Waals surface area contributed by atoms with Crippen LogP contribution in [0.2, 0.25) is 5.02 Å². The number of benzene rings is 1. The Bertz CT molecular complexity index is 577. The molecule has 5 nitrogen and oxygen atoms in total. The van der Waals surface area contributed by atoms with E-state index < -0.39 is 0 Å². The van der Waals surface area contributed by atoms with Crippen molar-refractivity contribution in [2.24, 2.45) is 10.9 Å². The molecule has 0 fully saturated rings. The van der Waals surface area contributed by atoms with Crippen molar-refractivity contribution in [3.8, 4) is 0 Å². The van der Waals surface area contributed by atoms with Crippen molar-refractivity contribution in [3.63, 3.8) is 0 Å². The summed E-state index contributed by atoms with van der Waals surface area (Å²) in [6.45, 7) is 0. The first-order valence-corrected chi connectivity index (χ1v) is 6.12. The summed E-state index contributed by atoms with van der Waals surface area (Å²) in [6, 6.07) is 6.96. The van der Waals surface area contributed by atoms with Gasteiger partial charge in [-0.1, -0.05) is 16.8 Å². The van der Waals surface area contributed by atoms with Gasteiger partial charge in [-0.25, -0.2) is 9.97 Å². The summed E-state index contributed by atoms with van der Waals surface area (Å²) in [5.74, 6) is -0.0208. The van der Waals surface area contributed by atoms with Crippen LogP contribution in [-0.4, -0.2) is 21.0 Å². The summed E-state index contributed by atoms with van der Waals surface area (Å²) in [4.78, 5) is 9.07. The van der Waals surface area contributed by atoms with Gasteiger partial charge in [-0.3, -0.25) is 0 Å². The monoisotopic (exact) mass is 280 g/mol. The Hall–Kier alpha value is -1.79. The van der Waals surface area contributed by atoms with E-state index in [2.05, 4.69) is 15.1 Å². The van der Waals surface area contributed by atoms with E-state index in [0.717, 1.165) is 4.90 Å². The minimum atomic E-state index is -0.0208. The van der Waals surface area contributed by atoms with Crippen LogP contribution < -0.4 is 5.73 Å². The molecule has 0 unspecified atom stereocenters. The Morgan fingerprint density at radius 1 is 1.33 bits per heavy atom. The number of aromatic nitrogens is 2. The standard InChI is InChI=1S/C11H9ClN4OS/c12-9-6-7(2-3-8(9)10(13)16-17)18-11-14-4-1-5-15-11/h1-6,17H,(H2,13,16). The molecule has 0 radical (unpaired) electrons. The van der Waals surface area contributed by atoms with Gasteiger partial charge in [-0.15, -0.1) is 0 Å². The van der Waals surface area contributed by atoms with Gasteiger partial charge < -0.3 is 10.9 Å². The van der Waals surface area contributed by atoms with Gasteiger partial charge in [0.2, 0.25) is 0 Å². The van der Waals surface area contributed by atoms with E-state index in [0.29, 0.717) is 15.7 Å². The van der Waals surface area contributed by atoms with Gasteiger partial charge in [-0.05, 0) is 36.0 Å². The minimum absolute atomic E-state index is 0.0208. The van der Waals surface area contributed by atoms with Crippen LogP contribution in [0.1, 0.15) is 5.56 Å². The minimum Gasteiger partial charge on any atom is -0.409 e. The van der Waals surface area contributed by atoms with Crippen molar-refractivity contribution in [2.45, 2.75) is 10.1 Å². The first-order chi connectivity index (χ1) is 8.70. The summed E-state index contributed by atoms with van der Waals surface area (Å²) in [5, 5.41) is 12.5. The summed E-state index contributed by atoms with van der Waals surface area (Å²) < 4.78 is 0. The highest BCUT2D eigenvalue weighted by atomic mass is 35.5. The summed E-state index contributed by atoms with van der Waals surface area (Å²) in [6.07, 6.45) is 3.34. The maximum absolute atomic E-state index is 8.60. The fourth-order valence-electron chi connectivity index (χ4n) is 1.26. The first-order valence-electron chi connectivity index (χ1n) is 4.93. The molecule has 0 atom stereocenters. The molecular formula is C11H9ClN4OS. The molecule has 2 aromatic rings. The molecule has 3 N–H and O–H groups in total. The molecule has 92 valence electrons. The zero-order valence-electron chi connectivity index (χ0n) is 9.12. The first kappa shape index (κ1) is 12.7. The molecule has 0 aliphatic rings.